The van der Waals surface area contributed by atoms with Crippen molar-refractivity contribution in [3.05, 3.63) is 35.4 Å². The van der Waals surface area contributed by atoms with Crippen LogP contribution in [0, 0.1) is 12.8 Å². The monoisotopic (exact) mass is 300 g/mol. The molecule has 2 fully saturated rings. The Hall–Kier alpha value is -1.84. The first kappa shape index (κ1) is 15.1. The molecule has 1 saturated heterocycles. The molecule has 3 rings (SSSR count). The maximum Gasteiger partial charge on any atom is 0.233 e. The molecule has 1 aliphatic carbocycles. The van der Waals surface area contributed by atoms with Crippen LogP contribution in [0.2, 0.25) is 0 Å². The lowest BCUT2D eigenvalue weighted by molar-refractivity contribution is -0.136. The van der Waals surface area contributed by atoms with Gasteiger partial charge in [-0.15, -0.1) is 0 Å². The lowest BCUT2D eigenvalue weighted by atomic mass is 9.77. The van der Waals surface area contributed by atoms with Gasteiger partial charge in [-0.25, -0.2) is 0 Å². The number of aryl methyl sites for hydroxylation is 1. The van der Waals surface area contributed by atoms with Gasteiger partial charge in [0.2, 0.25) is 11.8 Å². The van der Waals surface area contributed by atoms with Gasteiger partial charge in [0.1, 0.15) is 0 Å². The number of likely N-dealkylation sites (tertiary alicyclic amines) is 1. The SMILES string of the molecule is Cc1cccc(C2(C(=O)N3CC[C@@H](C(N)=O)C3)CCCC2)c1. The van der Waals surface area contributed by atoms with Crippen molar-refractivity contribution < 1.29 is 9.59 Å². The third-order valence-electron chi connectivity index (χ3n) is 5.31. The third kappa shape index (κ3) is 2.51. The van der Waals surface area contributed by atoms with E-state index in [9.17, 15) is 9.59 Å². The number of benzene rings is 1. The zero-order chi connectivity index (χ0) is 15.7. The quantitative estimate of drug-likeness (QED) is 0.929. The van der Waals surface area contributed by atoms with Crippen LogP contribution in [0.15, 0.2) is 24.3 Å². The summed E-state index contributed by atoms with van der Waals surface area (Å²) in [5.74, 6) is -0.273. The van der Waals surface area contributed by atoms with E-state index < -0.39 is 5.41 Å². The van der Waals surface area contributed by atoms with E-state index in [0.717, 1.165) is 31.2 Å². The minimum atomic E-state index is -0.390. The van der Waals surface area contributed by atoms with E-state index in [1.54, 1.807) is 0 Å². The van der Waals surface area contributed by atoms with Gasteiger partial charge in [0.25, 0.3) is 0 Å². The molecular weight excluding hydrogens is 276 g/mol. The largest absolute Gasteiger partial charge is 0.369 e. The summed E-state index contributed by atoms with van der Waals surface area (Å²) in [7, 11) is 0. The fraction of sp³-hybridized carbons (Fsp3) is 0.556. The molecule has 1 aromatic carbocycles. The first-order valence-corrected chi connectivity index (χ1v) is 8.19. The molecule has 1 aromatic rings. The zero-order valence-electron chi connectivity index (χ0n) is 13.2. The fourth-order valence-electron chi connectivity index (χ4n) is 4.03. The number of carbonyl (C=O) groups is 2. The van der Waals surface area contributed by atoms with Crippen LogP contribution in [-0.2, 0) is 15.0 Å². The Kier molecular flexibility index (Phi) is 3.94. The van der Waals surface area contributed by atoms with E-state index in [1.807, 2.05) is 11.0 Å². The molecule has 118 valence electrons. The Morgan fingerprint density at radius 2 is 2.00 bits per heavy atom. The van der Waals surface area contributed by atoms with E-state index in [0.29, 0.717) is 19.5 Å². The summed E-state index contributed by atoms with van der Waals surface area (Å²) in [4.78, 5) is 26.5. The lowest BCUT2D eigenvalue weighted by Gasteiger charge is -2.33. The Labute approximate surface area is 131 Å². The van der Waals surface area contributed by atoms with Gasteiger partial charge in [0, 0.05) is 13.1 Å². The fourth-order valence-corrected chi connectivity index (χ4v) is 4.03. The molecule has 0 unspecified atom stereocenters. The van der Waals surface area contributed by atoms with Crippen molar-refractivity contribution in [2.75, 3.05) is 13.1 Å². The highest BCUT2D eigenvalue weighted by molar-refractivity contribution is 5.90. The van der Waals surface area contributed by atoms with Gasteiger partial charge in [-0.3, -0.25) is 9.59 Å². The molecule has 2 amide bonds. The lowest BCUT2D eigenvalue weighted by Crippen LogP contribution is -2.45. The predicted octanol–water partition coefficient (Wildman–Crippen LogP) is 2.14. The number of carbonyl (C=O) groups excluding carboxylic acids is 2. The Balaban J connectivity index is 1.88. The van der Waals surface area contributed by atoms with Crippen LogP contribution >= 0.6 is 0 Å². The van der Waals surface area contributed by atoms with Gasteiger partial charge in [-0.05, 0) is 31.7 Å². The Bertz CT molecular complexity index is 591. The summed E-state index contributed by atoms with van der Waals surface area (Å²) in [5.41, 5.74) is 7.33. The van der Waals surface area contributed by atoms with Crippen LogP contribution in [0.4, 0.5) is 0 Å². The van der Waals surface area contributed by atoms with Gasteiger partial charge in [0.15, 0.2) is 0 Å². The number of amides is 2. The molecule has 1 heterocycles. The number of hydrogen-bond donors (Lipinski definition) is 1. The highest BCUT2D eigenvalue weighted by Crippen LogP contribution is 2.43. The molecule has 1 aliphatic heterocycles. The molecule has 2 aliphatic rings. The molecule has 0 spiro atoms. The molecule has 22 heavy (non-hydrogen) atoms. The summed E-state index contributed by atoms with van der Waals surface area (Å²) < 4.78 is 0. The first-order valence-electron chi connectivity index (χ1n) is 8.19. The van der Waals surface area contributed by atoms with Crippen molar-refractivity contribution in [2.24, 2.45) is 11.7 Å². The number of nitrogens with two attached hydrogens (primary N) is 1. The number of rotatable bonds is 3. The van der Waals surface area contributed by atoms with Crippen LogP contribution in [0.5, 0.6) is 0 Å². The molecular formula is C18H24N2O2. The van der Waals surface area contributed by atoms with Gasteiger partial charge < -0.3 is 10.6 Å². The van der Waals surface area contributed by atoms with Crippen molar-refractivity contribution in [2.45, 2.75) is 44.4 Å². The zero-order valence-corrected chi connectivity index (χ0v) is 13.2. The van der Waals surface area contributed by atoms with E-state index in [-0.39, 0.29) is 17.7 Å². The second kappa shape index (κ2) is 5.75. The van der Waals surface area contributed by atoms with Gasteiger partial charge in [0.05, 0.1) is 11.3 Å². The van der Waals surface area contributed by atoms with E-state index >= 15 is 0 Å². The van der Waals surface area contributed by atoms with Crippen molar-refractivity contribution in [1.82, 2.24) is 4.90 Å². The Morgan fingerprint density at radius 3 is 2.59 bits per heavy atom. The first-order chi connectivity index (χ1) is 10.5. The highest BCUT2D eigenvalue weighted by Gasteiger charge is 2.46. The summed E-state index contributed by atoms with van der Waals surface area (Å²) in [6.45, 7) is 3.21. The van der Waals surface area contributed by atoms with Crippen molar-refractivity contribution in [3.63, 3.8) is 0 Å². The maximum absolute atomic E-state index is 13.2. The average molecular weight is 300 g/mol. The number of nitrogens with zero attached hydrogens (tertiary/aromatic N) is 1. The van der Waals surface area contributed by atoms with Crippen molar-refractivity contribution in [1.29, 1.82) is 0 Å². The van der Waals surface area contributed by atoms with Crippen molar-refractivity contribution >= 4 is 11.8 Å². The average Bonchev–Trinajstić information content (AvgIpc) is 3.17. The van der Waals surface area contributed by atoms with E-state index in [1.165, 1.54) is 5.56 Å². The Morgan fingerprint density at radius 1 is 1.27 bits per heavy atom. The standard InChI is InChI=1S/C18H24N2O2/c1-13-5-4-6-15(11-13)18(8-2-3-9-18)17(22)20-10-7-14(12-20)16(19)21/h4-6,11,14H,2-3,7-10,12H2,1H3,(H2,19,21)/t14-/m1/s1. The highest BCUT2D eigenvalue weighted by atomic mass is 16.2. The van der Waals surface area contributed by atoms with Gasteiger partial charge in [-0.2, -0.15) is 0 Å². The summed E-state index contributed by atoms with van der Waals surface area (Å²) >= 11 is 0. The second-order valence-corrected chi connectivity index (χ2v) is 6.80. The minimum Gasteiger partial charge on any atom is -0.369 e. The van der Waals surface area contributed by atoms with Crippen LogP contribution < -0.4 is 5.73 Å². The molecule has 1 saturated carbocycles. The molecule has 4 nitrogen and oxygen atoms in total. The van der Waals surface area contributed by atoms with E-state index in [2.05, 4.69) is 25.1 Å². The van der Waals surface area contributed by atoms with Crippen LogP contribution in [0.1, 0.15) is 43.2 Å². The summed E-state index contributed by atoms with van der Waals surface area (Å²) in [6, 6.07) is 8.33. The van der Waals surface area contributed by atoms with Crippen LogP contribution in [-0.4, -0.2) is 29.8 Å². The summed E-state index contributed by atoms with van der Waals surface area (Å²) in [6.07, 6.45) is 4.70. The van der Waals surface area contributed by atoms with Crippen molar-refractivity contribution in [3.8, 4) is 0 Å². The third-order valence-corrected chi connectivity index (χ3v) is 5.31. The topological polar surface area (TPSA) is 63.4 Å². The molecule has 0 radical (unpaired) electrons. The second-order valence-electron chi connectivity index (χ2n) is 6.80. The molecule has 0 bridgehead atoms. The smallest absolute Gasteiger partial charge is 0.233 e. The van der Waals surface area contributed by atoms with Crippen LogP contribution in [0.25, 0.3) is 0 Å². The number of hydrogen-bond acceptors (Lipinski definition) is 2. The molecule has 2 N–H and O–H groups in total. The maximum atomic E-state index is 13.2. The summed E-state index contributed by atoms with van der Waals surface area (Å²) in [5, 5.41) is 0. The van der Waals surface area contributed by atoms with Gasteiger partial charge >= 0.3 is 0 Å². The normalized spacial score (nSPS) is 23.7. The van der Waals surface area contributed by atoms with Gasteiger partial charge in [-0.1, -0.05) is 42.7 Å². The molecule has 1 atom stereocenters. The van der Waals surface area contributed by atoms with E-state index in [4.69, 9.17) is 5.73 Å². The molecule has 0 aromatic heterocycles. The van der Waals surface area contributed by atoms with Crippen LogP contribution in [0.3, 0.4) is 0 Å². The predicted molar refractivity (Wildman–Crippen MR) is 85.2 cm³/mol. The molecule has 4 heteroatoms. The minimum absolute atomic E-state index is 0.181. The number of primary amides is 1.